The van der Waals surface area contributed by atoms with Crippen LogP contribution in [0.25, 0.3) is 28.0 Å². The van der Waals surface area contributed by atoms with Gasteiger partial charge >= 0.3 is 0 Å². The first-order valence-corrected chi connectivity index (χ1v) is 10.6. The van der Waals surface area contributed by atoms with Gasteiger partial charge in [0.25, 0.3) is 5.91 Å². The minimum atomic E-state index is -0.230. The Balaban J connectivity index is 1.48. The number of aromatic amines is 1. The highest BCUT2D eigenvalue weighted by molar-refractivity contribution is 6.00. The van der Waals surface area contributed by atoms with Crippen molar-refractivity contribution < 1.29 is 9.53 Å². The molecule has 0 radical (unpaired) electrons. The third-order valence-electron chi connectivity index (χ3n) is 5.46. The van der Waals surface area contributed by atoms with Crippen molar-refractivity contribution >= 4 is 16.9 Å². The number of aromatic nitrogens is 4. The van der Waals surface area contributed by atoms with E-state index >= 15 is 0 Å². The van der Waals surface area contributed by atoms with Gasteiger partial charge in [-0.2, -0.15) is 5.10 Å². The third kappa shape index (κ3) is 4.21. The first-order valence-electron chi connectivity index (χ1n) is 10.6. The molecule has 0 atom stereocenters. The maximum atomic E-state index is 13.2. The molecule has 0 bridgehead atoms. The highest BCUT2D eigenvalue weighted by atomic mass is 16.5. The van der Waals surface area contributed by atoms with Crippen LogP contribution >= 0.6 is 0 Å². The molecule has 164 valence electrons. The van der Waals surface area contributed by atoms with Gasteiger partial charge in [-0.1, -0.05) is 42.0 Å². The number of methoxy groups -OCH3 is 1. The Hall–Kier alpha value is -4.39. The van der Waals surface area contributed by atoms with Gasteiger partial charge in [0.05, 0.1) is 35.9 Å². The Morgan fingerprint density at radius 1 is 1.06 bits per heavy atom. The predicted octanol–water partition coefficient (Wildman–Crippen LogP) is 4.66. The number of nitrogens with one attached hydrogen (secondary N) is 2. The summed E-state index contributed by atoms with van der Waals surface area (Å²) in [5, 5.41) is 7.72. The van der Waals surface area contributed by atoms with Crippen molar-refractivity contribution in [2.45, 2.75) is 13.5 Å². The Morgan fingerprint density at radius 2 is 1.88 bits per heavy atom. The van der Waals surface area contributed by atoms with Crippen LogP contribution in [-0.2, 0) is 6.54 Å². The van der Waals surface area contributed by atoms with Crippen LogP contribution in [0.4, 0.5) is 0 Å². The molecule has 2 heterocycles. The molecular weight excluding hydrogens is 414 g/mol. The van der Waals surface area contributed by atoms with Crippen LogP contribution in [0.15, 0.2) is 79.0 Å². The van der Waals surface area contributed by atoms with Gasteiger partial charge in [0.2, 0.25) is 0 Å². The van der Waals surface area contributed by atoms with Crippen molar-refractivity contribution in [3.8, 4) is 22.7 Å². The lowest BCUT2D eigenvalue weighted by Gasteiger charge is -2.05. The molecule has 0 saturated heterocycles. The standard InChI is InChI=1S/C26H23N5O2/c1-17-10-12-19(13-11-17)31-16-21(25(30-31)18-6-5-7-20(14-18)33-2)26(32)27-15-24-28-22-8-3-4-9-23(22)29-24/h3-14,16H,15H2,1-2H3,(H,27,32)(H,28,29). The fourth-order valence-corrected chi connectivity index (χ4v) is 3.70. The quantitative estimate of drug-likeness (QED) is 0.405. The first-order chi connectivity index (χ1) is 16.1. The maximum Gasteiger partial charge on any atom is 0.255 e. The molecule has 5 aromatic rings. The summed E-state index contributed by atoms with van der Waals surface area (Å²) in [4.78, 5) is 21.0. The molecule has 3 aromatic carbocycles. The second kappa shape index (κ2) is 8.63. The summed E-state index contributed by atoms with van der Waals surface area (Å²) in [6.45, 7) is 2.31. The summed E-state index contributed by atoms with van der Waals surface area (Å²) in [7, 11) is 1.62. The number of para-hydroxylation sites is 2. The molecule has 5 rings (SSSR count). The summed E-state index contributed by atoms with van der Waals surface area (Å²) in [6.07, 6.45) is 1.76. The highest BCUT2D eigenvalue weighted by Crippen LogP contribution is 2.27. The normalized spacial score (nSPS) is 11.0. The van der Waals surface area contributed by atoms with E-state index in [9.17, 15) is 4.79 Å². The molecule has 0 fully saturated rings. The topological polar surface area (TPSA) is 84.8 Å². The molecule has 1 amide bonds. The summed E-state index contributed by atoms with van der Waals surface area (Å²) < 4.78 is 7.09. The number of hydrogen-bond acceptors (Lipinski definition) is 4. The van der Waals surface area contributed by atoms with E-state index in [1.54, 1.807) is 18.0 Å². The largest absolute Gasteiger partial charge is 0.497 e. The van der Waals surface area contributed by atoms with Crippen molar-refractivity contribution in [3.05, 3.63) is 95.9 Å². The second-order valence-corrected chi connectivity index (χ2v) is 7.79. The molecule has 0 spiro atoms. The Labute approximate surface area is 191 Å². The third-order valence-corrected chi connectivity index (χ3v) is 5.46. The van der Waals surface area contributed by atoms with E-state index in [1.165, 1.54) is 0 Å². The monoisotopic (exact) mass is 437 g/mol. The Kier molecular flexibility index (Phi) is 5.36. The lowest BCUT2D eigenvalue weighted by atomic mass is 10.1. The van der Waals surface area contributed by atoms with Crippen molar-refractivity contribution in [1.29, 1.82) is 0 Å². The van der Waals surface area contributed by atoms with Crippen LogP contribution in [0.3, 0.4) is 0 Å². The van der Waals surface area contributed by atoms with E-state index < -0.39 is 0 Å². The second-order valence-electron chi connectivity index (χ2n) is 7.79. The van der Waals surface area contributed by atoms with Gasteiger partial charge in [0, 0.05) is 11.8 Å². The summed E-state index contributed by atoms with van der Waals surface area (Å²) >= 11 is 0. The van der Waals surface area contributed by atoms with E-state index in [1.807, 2.05) is 79.7 Å². The number of carbonyl (C=O) groups is 1. The van der Waals surface area contributed by atoms with E-state index in [2.05, 4.69) is 15.3 Å². The Morgan fingerprint density at radius 3 is 2.67 bits per heavy atom. The van der Waals surface area contributed by atoms with Crippen LogP contribution < -0.4 is 10.1 Å². The number of benzene rings is 3. The van der Waals surface area contributed by atoms with Crippen LogP contribution in [0.2, 0.25) is 0 Å². The number of imidazole rings is 1. The van der Waals surface area contributed by atoms with Gasteiger partial charge in [-0.15, -0.1) is 0 Å². The minimum absolute atomic E-state index is 0.230. The van der Waals surface area contributed by atoms with E-state index in [4.69, 9.17) is 9.84 Å². The van der Waals surface area contributed by atoms with Gasteiger partial charge in [-0.05, 0) is 43.3 Å². The number of nitrogens with zero attached hydrogens (tertiary/aromatic N) is 3. The SMILES string of the molecule is COc1cccc(-c2nn(-c3ccc(C)cc3)cc2C(=O)NCc2nc3ccccc3[nH]2)c1. The number of rotatable bonds is 6. The first kappa shape index (κ1) is 20.5. The van der Waals surface area contributed by atoms with Crippen LogP contribution in [-0.4, -0.2) is 32.8 Å². The number of ether oxygens (including phenoxy) is 1. The average molecular weight is 438 g/mol. The molecule has 7 nitrogen and oxygen atoms in total. The van der Waals surface area contributed by atoms with Crippen molar-refractivity contribution in [2.75, 3.05) is 7.11 Å². The zero-order valence-electron chi connectivity index (χ0n) is 18.4. The predicted molar refractivity (Wildman–Crippen MR) is 128 cm³/mol. The lowest BCUT2D eigenvalue weighted by Crippen LogP contribution is -2.23. The molecule has 0 aliphatic rings. The zero-order chi connectivity index (χ0) is 22.8. The number of carbonyl (C=O) groups excluding carboxylic acids is 1. The highest BCUT2D eigenvalue weighted by Gasteiger charge is 2.19. The molecule has 0 aliphatic heterocycles. The van der Waals surface area contributed by atoms with Crippen molar-refractivity contribution in [2.24, 2.45) is 0 Å². The molecule has 0 aliphatic carbocycles. The van der Waals surface area contributed by atoms with Gasteiger partial charge in [0.15, 0.2) is 0 Å². The maximum absolute atomic E-state index is 13.2. The van der Waals surface area contributed by atoms with Gasteiger partial charge < -0.3 is 15.0 Å². The fourth-order valence-electron chi connectivity index (χ4n) is 3.70. The molecule has 0 saturated carbocycles. The molecule has 33 heavy (non-hydrogen) atoms. The average Bonchev–Trinajstić information content (AvgIpc) is 3.47. The van der Waals surface area contributed by atoms with Crippen LogP contribution in [0.5, 0.6) is 5.75 Å². The molecule has 0 unspecified atom stereocenters. The van der Waals surface area contributed by atoms with E-state index in [0.717, 1.165) is 27.8 Å². The molecular formula is C26H23N5O2. The molecule has 2 N–H and O–H groups in total. The summed E-state index contributed by atoms with van der Waals surface area (Å²) in [5.41, 5.74) is 5.69. The number of fused-ring (bicyclic) bond motifs is 1. The van der Waals surface area contributed by atoms with Gasteiger partial charge in [-0.3, -0.25) is 4.79 Å². The zero-order valence-corrected chi connectivity index (χ0v) is 18.4. The summed E-state index contributed by atoms with van der Waals surface area (Å²) in [6, 6.07) is 23.3. The van der Waals surface area contributed by atoms with Crippen molar-refractivity contribution in [3.63, 3.8) is 0 Å². The number of amides is 1. The molecule has 2 aromatic heterocycles. The van der Waals surface area contributed by atoms with E-state index in [-0.39, 0.29) is 12.5 Å². The van der Waals surface area contributed by atoms with Crippen molar-refractivity contribution in [1.82, 2.24) is 25.1 Å². The van der Waals surface area contributed by atoms with Gasteiger partial charge in [-0.25, -0.2) is 9.67 Å². The van der Waals surface area contributed by atoms with Crippen LogP contribution in [0.1, 0.15) is 21.7 Å². The number of hydrogen-bond donors (Lipinski definition) is 2. The Bertz CT molecular complexity index is 1400. The van der Waals surface area contributed by atoms with Crippen LogP contribution in [0, 0.1) is 6.92 Å². The lowest BCUT2D eigenvalue weighted by molar-refractivity contribution is 0.0950. The smallest absolute Gasteiger partial charge is 0.255 e. The molecule has 7 heteroatoms. The number of H-pyrrole nitrogens is 1. The van der Waals surface area contributed by atoms with E-state index in [0.29, 0.717) is 22.8 Å². The minimum Gasteiger partial charge on any atom is -0.497 e. The summed E-state index contributed by atoms with van der Waals surface area (Å²) in [5.74, 6) is 1.16. The van der Waals surface area contributed by atoms with Gasteiger partial charge in [0.1, 0.15) is 17.3 Å². The number of aryl methyl sites for hydroxylation is 1. The fraction of sp³-hybridized carbons (Fsp3) is 0.115.